The van der Waals surface area contributed by atoms with Crippen LogP contribution in [-0.4, -0.2) is 77.6 Å². The molecule has 2 aromatic rings. The number of nitrogen functional groups attached to an aromatic ring is 1. The van der Waals surface area contributed by atoms with Gasteiger partial charge in [-0.2, -0.15) is 0 Å². The van der Waals surface area contributed by atoms with Gasteiger partial charge in [0.2, 0.25) is 0 Å². The van der Waals surface area contributed by atoms with Gasteiger partial charge in [0, 0.05) is 7.11 Å². The lowest BCUT2D eigenvalue weighted by molar-refractivity contribution is -0.206. The van der Waals surface area contributed by atoms with Gasteiger partial charge in [-0.15, -0.1) is 0 Å². The zero-order valence-corrected chi connectivity index (χ0v) is 11.7. The minimum Gasteiger partial charge on any atom is -0.388 e. The number of aromatic nitrogens is 4. The molecule has 0 unspecified atom stereocenters. The van der Waals surface area contributed by atoms with Gasteiger partial charge >= 0.3 is 0 Å². The van der Waals surface area contributed by atoms with E-state index in [1.165, 1.54) is 24.3 Å². The summed E-state index contributed by atoms with van der Waals surface area (Å²) in [6.07, 6.45) is -4.13. The minimum atomic E-state index is -1.49. The molecular formula is C12H17N5O5. The van der Waals surface area contributed by atoms with E-state index in [9.17, 15) is 20.4 Å². The molecule has 120 valence electrons. The number of aliphatic hydroxyl groups excluding tert-OH is 4. The van der Waals surface area contributed by atoms with Gasteiger partial charge in [0.05, 0.1) is 12.4 Å². The average molecular weight is 311 g/mol. The van der Waals surface area contributed by atoms with Crippen LogP contribution in [0.25, 0.3) is 11.2 Å². The van der Waals surface area contributed by atoms with Crippen LogP contribution in [0.5, 0.6) is 0 Å². The maximum Gasteiger partial charge on any atom is 0.165 e. The Kier molecular flexibility index (Phi) is 3.70. The summed E-state index contributed by atoms with van der Waals surface area (Å²) in [5.41, 5.74) is 6.32. The molecule has 0 bridgehead atoms. The van der Waals surface area contributed by atoms with Gasteiger partial charge in [-0.1, -0.05) is 0 Å². The van der Waals surface area contributed by atoms with Crippen LogP contribution in [0.15, 0.2) is 12.7 Å². The summed E-state index contributed by atoms with van der Waals surface area (Å²) in [4.78, 5) is 11.9. The van der Waals surface area contributed by atoms with E-state index in [0.717, 1.165) is 0 Å². The van der Waals surface area contributed by atoms with Crippen molar-refractivity contribution in [2.45, 2.75) is 36.6 Å². The molecule has 0 spiro atoms. The number of hydrogen-bond acceptors (Lipinski definition) is 9. The quantitative estimate of drug-likeness (QED) is 0.401. The molecule has 0 saturated heterocycles. The van der Waals surface area contributed by atoms with Crippen LogP contribution in [0.3, 0.4) is 0 Å². The molecule has 10 nitrogen and oxygen atoms in total. The Balaban J connectivity index is 2.09. The van der Waals surface area contributed by atoms with Gasteiger partial charge in [0.25, 0.3) is 0 Å². The molecule has 22 heavy (non-hydrogen) atoms. The van der Waals surface area contributed by atoms with E-state index in [2.05, 4.69) is 15.0 Å². The standard InChI is InChI=1S/C12H17N5O5/c1-22-10-7(19)5(6(18)8(20)9(10)21)17-3-16-4-11(13)14-2-15-12(4)17/h2-3,5-10,18-21H,1H3,(H2,13,14,15)/t5-,6-,7+,8+,9+,10+/m1/s1. The predicted octanol–water partition coefficient (Wildman–Crippen LogP) is -2.58. The van der Waals surface area contributed by atoms with E-state index < -0.39 is 36.6 Å². The topological polar surface area (TPSA) is 160 Å². The number of ether oxygens (including phenoxy) is 1. The molecule has 0 radical (unpaired) electrons. The normalized spacial score (nSPS) is 35.9. The number of methoxy groups -OCH3 is 1. The molecule has 2 heterocycles. The molecule has 10 heteroatoms. The van der Waals surface area contributed by atoms with Crippen LogP contribution < -0.4 is 5.73 Å². The fraction of sp³-hybridized carbons (Fsp3) is 0.583. The fourth-order valence-electron chi connectivity index (χ4n) is 2.89. The highest BCUT2D eigenvalue weighted by molar-refractivity contribution is 5.81. The molecule has 1 fully saturated rings. The molecule has 1 aliphatic rings. The lowest BCUT2D eigenvalue weighted by atomic mass is 9.83. The van der Waals surface area contributed by atoms with Crippen molar-refractivity contribution in [3.63, 3.8) is 0 Å². The summed E-state index contributed by atoms with van der Waals surface area (Å²) in [7, 11) is 1.30. The Morgan fingerprint density at radius 3 is 2.45 bits per heavy atom. The molecule has 0 aromatic carbocycles. The molecule has 2 aromatic heterocycles. The number of aliphatic hydroxyl groups is 4. The average Bonchev–Trinajstić information content (AvgIpc) is 2.91. The number of hydrogen-bond donors (Lipinski definition) is 5. The largest absolute Gasteiger partial charge is 0.388 e. The molecule has 6 atom stereocenters. The van der Waals surface area contributed by atoms with Crippen LogP contribution >= 0.6 is 0 Å². The number of nitrogens with two attached hydrogens (primary N) is 1. The van der Waals surface area contributed by atoms with Gasteiger partial charge in [-0.25, -0.2) is 15.0 Å². The highest BCUT2D eigenvalue weighted by Gasteiger charge is 2.50. The Labute approximate surface area is 124 Å². The fourth-order valence-corrected chi connectivity index (χ4v) is 2.89. The monoisotopic (exact) mass is 311 g/mol. The first-order chi connectivity index (χ1) is 10.5. The molecular weight excluding hydrogens is 294 g/mol. The second kappa shape index (κ2) is 5.41. The van der Waals surface area contributed by atoms with Crippen molar-refractivity contribution in [3.05, 3.63) is 12.7 Å². The highest BCUT2D eigenvalue weighted by Crippen LogP contribution is 2.33. The summed E-state index contributed by atoms with van der Waals surface area (Å²) in [6, 6.07) is -1.01. The van der Waals surface area contributed by atoms with E-state index in [0.29, 0.717) is 11.2 Å². The van der Waals surface area contributed by atoms with Gasteiger partial charge in [-0.05, 0) is 0 Å². The van der Waals surface area contributed by atoms with Crippen molar-refractivity contribution < 1.29 is 25.2 Å². The molecule has 1 saturated carbocycles. The van der Waals surface area contributed by atoms with Crippen LogP contribution in [0.1, 0.15) is 6.04 Å². The highest BCUT2D eigenvalue weighted by atomic mass is 16.5. The number of imidazole rings is 1. The van der Waals surface area contributed by atoms with Gasteiger partial charge in [0.15, 0.2) is 11.5 Å². The summed E-state index contributed by atoms with van der Waals surface area (Å²) < 4.78 is 6.43. The summed E-state index contributed by atoms with van der Waals surface area (Å²) in [6.45, 7) is 0. The molecule has 0 amide bonds. The Morgan fingerprint density at radius 1 is 1.05 bits per heavy atom. The van der Waals surface area contributed by atoms with Crippen molar-refractivity contribution in [3.8, 4) is 0 Å². The van der Waals surface area contributed by atoms with Gasteiger partial charge in [0.1, 0.15) is 42.4 Å². The first-order valence-electron chi connectivity index (χ1n) is 6.65. The summed E-state index contributed by atoms with van der Waals surface area (Å²) in [5.74, 6) is 0.160. The zero-order chi connectivity index (χ0) is 16.0. The molecule has 3 rings (SSSR count). The lowest BCUT2D eigenvalue weighted by Gasteiger charge is -2.43. The third-order valence-electron chi connectivity index (χ3n) is 4.05. The minimum absolute atomic E-state index is 0.160. The number of nitrogens with zero attached hydrogens (tertiary/aromatic N) is 4. The number of fused-ring (bicyclic) bond motifs is 1. The number of rotatable bonds is 2. The van der Waals surface area contributed by atoms with E-state index in [-0.39, 0.29) is 5.82 Å². The van der Waals surface area contributed by atoms with Crippen LogP contribution in [0.2, 0.25) is 0 Å². The van der Waals surface area contributed by atoms with E-state index in [1.54, 1.807) is 0 Å². The SMILES string of the molecule is CO[C@H]1[C@@H](O)[C@H](n2cnc3c(N)ncnc32)[C@@H](O)[C@H](O)[C@@H]1O. The second-order valence-electron chi connectivity index (χ2n) is 5.24. The van der Waals surface area contributed by atoms with Gasteiger partial charge < -0.3 is 35.5 Å². The predicted molar refractivity (Wildman–Crippen MR) is 73.6 cm³/mol. The summed E-state index contributed by atoms with van der Waals surface area (Å²) >= 11 is 0. The smallest absolute Gasteiger partial charge is 0.165 e. The van der Waals surface area contributed by atoms with E-state index >= 15 is 0 Å². The van der Waals surface area contributed by atoms with Crippen LogP contribution in [0.4, 0.5) is 5.82 Å². The van der Waals surface area contributed by atoms with Crippen molar-refractivity contribution >= 4 is 17.0 Å². The number of anilines is 1. The third kappa shape index (κ3) is 2.04. The van der Waals surface area contributed by atoms with Crippen LogP contribution in [-0.2, 0) is 4.74 Å². The van der Waals surface area contributed by atoms with Crippen molar-refractivity contribution in [1.82, 2.24) is 19.5 Å². The van der Waals surface area contributed by atoms with Crippen LogP contribution in [0, 0.1) is 0 Å². The zero-order valence-electron chi connectivity index (χ0n) is 11.7. The summed E-state index contributed by atoms with van der Waals surface area (Å²) in [5, 5.41) is 40.5. The lowest BCUT2D eigenvalue weighted by Crippen LogP contribution is -2.61. The Bertz CT molecular complexity index is 679. The first-order valence-corrected chi connectivity index (χ1v) is 6.65. The van der Waals surface area contributed by atoms with Gasteiger partial charge in [-0.3, -0.25) is 0 Å². The van der Waals surface area contributed by atoms with E-state index in [1.807, 2.05) is 0 Å². The van der Waals surface area contributed by atoms with Crippen molar-refractivity contribution in [2.24, 2.45) is 0 Å². The third-order valence-corrected chi connectivity index (χ3v) is 4.05. The molecule has 6 N–H and O–H groups in total. The molecule has 0 aliphatic heterocycles. The maximum absolute atomic E-state index is 10.4. The van der Waals surface area contributed by atoms with Crippen molar-refractivity contribution in [1.29, 1.82) is 0 Å². The Morgan fingerprint density at radius 2 is 1.77 bits per heavy atom. The first kappa shape index (κ1) is 15.1. The van der Waals surface area contributed by atoms with E-state index in [4.69, 9.17) is 10.5 Å². The second-order valence-corrected chi connectivity index (χ2v) is 5.24. The Hall–Kier alpha value is -1.85. The van der Waals surface area contributed by atoms with Crippen molar-refractivity contribution in [2.75, 3.05) is 12.8 Å². The molecule has 1 aliphatic carbocycles. The maximum atomic E-state index is 10.4.